The standard InChI is InChI=1S/C18H17ClN2O.C3H8ClN5/c1-3-12(2)17-20-15-11-7-10-14(19)16(15)18(22)21(17)13-8-5-4-6-9-13;4-1(5)2(6)9-3(7)8/h4-12H,3H2,1-2H3;5-6H2,(H4,7,8,9)/b;2-1-. The van der Waals surface area contributed by atoms with Crippen molar-refractivity contribution < 1.29 is 0 Å². The average Bonchev–Trinajstić information content (AvgIpc) is 2.73. The van der Waals surface area contributed by atoms with E-state index in [2.05, 4.69) is 18.8 Å². The molecular weight excluding hydrogens is 437 g/mol. The first kappa shape index (κ1) is 24.0. The molecule has 0 amide bonds. The van der Waals surface area contributed by atoms with Crippen molar-refractivity contribution in [3.63, 3.8) is 0 Å². The minimum atomic E-state index is -0.170. The van der Waals surface area contributed by atoms with E-state index in [1.165, 1.54) is 0 Å². The Bertz CT molecular complexity index is 1170. The molecule has 2 aromatic carbocycles. The molecule has 0 aliphatic heterocycles. The monoisotopic (exact) mass is 461 g/mol. The van der Waals surface area contributed by atoms with Crippen LogP contribution in [0.3, 0.4) is 0 Å². The van der Waals surface area contributed by atoms with Crippen molar-refractivity contribution in [1.82, 2.24) is 9.55 Å². The number of aromatic nitrogens is 2. The number of para-hydroxylation sites is 1. The van der Waals surface area contributed by atoms with E-state index in [-0.39, 0.29) is 28.4 Å². The van der Waals surface area contributed by atoms with Gasteiger partial charge in [0, 0.05) is 5.92 Å². The van der Waals surface area contributed by atoms with Gasteiger partial charge in [-0.1, -0.05) is 61.3 Å². The molecular formula is C21H25Cl2N7O. The van der Waals surface area contributed by atoms with Gasteiger partial charge < -0.3 is 22.9 Å². The molecule has 31 heavy (non-hydrogen) atoms. The fourth-order valence-corrected chi connectivity index (χ4v) is 3.03. The van der Waals surface area contributed by atoms with Gasteiger partial charge in [-0.05, 0) is 30.7 Å². The minimum Gasteiger partial charge on any atom is -0.386 e. The van der Waals surface area contributed by atoms with Gasteiger partial charge in [-0.15, -0.1) is 0 Å². The molecule has 164 valence electrons. The summed E-state index contributed by atoms with van der Waals surface area (Å²) in [6, 6.07) is 15.0. The van der Waals surface area contributed by atoms with Crippen LogP contribution in [0.15, 0.2) is 69.3 Å². The van der Waals surface area contributed by atoms with Crippen molar-refractivity contribution in [1.29, 1.82) is 0 Å². The van der Waals surface area contributed by atoms with Crippen LogP contribution in [-0.2, 0) is 0 Å². The van der Waals surface area contributed by atoms with Crippen LogP contribution in [0, 0.1) is 0 Å². The Labute approximate surface area is 190 Å². The van der Waals surface area contributed by atoms with Gasteiger partial charge in [0.15, 0.2) is 11.8 Å². The molecule has 0 spiro atoms. The Hall–Kier alpha value is -3.23. The number of guanidine groups is 1. The van der Waals surface area contributed by atoms with Gasteiger partial charge in [0.05, 0.1) is 21.6 Å². The molecule has 0 saturated carbocycles. The first-order chi connectivity index (χ1) is 14.7. The van der Waals surface area contributed by atoms with Crippen molar-refractivity contribution in [3.8, 4) is 5.69 Å². The molecule has 0 aliphatic rings. The highest BCUT2D eigenvalue weighted by Crippen LogP contribution is 2.24. The van der Waals surface area contributed by atoms with Gasteiger partial charge in [-0.25, -0.2) is 4.98 Å². The number of aliphatic imine (C=N–C) groups is 1. The van der Waals surface area contributed by atoms with E-state index in [1.807, 2.05) is 42.5 Å². The van der Waals surface area contributed by atoms with Gasteiger partial charge >= 0.3 is 0 Å². The second-order valence-corrected chi connectivity index (χ2v) is 7.47. The van der Waals surface area contributed by atoms with Crippen LogP contribution in [0.1, 0.15) is 32.0 Å². The third kappa shape index (κ3) is 5.90. The lowest BCUT2D eigenvalue weighted by molar-refractivity contribution is 0.649. The number of nitrogens with zero attached hydrogens (tertiary/aromatic N) is 3. The number of nitrogens with two attached hydrogens (primary N) is 4. The molecule has 0 fully saturated rings. The third-order valence-corrected chi connectivity index (χ3v) is 4.94. The van der Waals surface area contributed by atoms with Crippen molar-refractivity contribution in [2.75, 3.05) is 0 Å². The van der Waals surface area contributed by atoms with E-state index >= 15 is 0 Å². The van der Waals surface area contributed by atoms with Gasteiger partial charge in [-0.3, -0.25) is 9.36 Å². The zero-order chi connectivity index (χ0) is 23.1. The zero-order valence-corrected chi connectivity index (χ0v) is 18.7. The molecule has 1 unspecified atom stereocenters. The Balaban J connectivity index is 0.000000323. The van der Waals surface area contributed by atoms with Crippen molar-refractivity contribution in [2.24, 2.45) is 27.9 Å². The Morgan fingerprint density at radius 3 is 2.26 bits per heavy atom. The van der Waals surface area contributed by atoms with Gasteiger partial charge in [0.25, 0.3) is 5.56 Å². The van der Waals surface area contributed by atoms with E-state index in [4.69, 9.17) is 51.1 Å². The van der Waals surface area contributed by atoms with Gasteiger partial charge in [0.1, 0.15) is 11.0 Å². The topological polar surface area (TPSA) is 151 Å². The maximum atomic E-state index is 13.0. The van der Waals surface area contributed by atoms with Crippen LogP contribution in [0.4, 0.5) is 0 Å². The highest BCUT2D eigenvalue weighted by molar-refractivity contribution is 6.35. The Morgan fingerprint density at radius 2 is 1.74 bits per heavy atom. The first-order valence-corrected chi connectivity index (χ1v) is 10.2. The number of rotatable bonds is 4. The fraction of sp³-hybridized carbons (Fsp3) is 0.190. The second-order valence-electron chi connectivity index (χ2n) is 6.66. The van der Waals surface area contributed by atoms with Crippen LogP contribution >= 0.6 is 23.2 Å². The fourth-order valence-electron chi connectivity index (χ4n) is 2.74. The summed E-state index contributed by atoms with van der Waals surface area (Å²) in [5.74, 6) is 0.706. The molecule has 0 bridgehead atoms. The SMILES string of the molecule is CCC(C)c1nc2cccc(Cl)c2c(=O)n1-c1ccccc1.NC(N)=N/C(N)=C(\N)Cl. The minimum absolute atomic E-state index is 0.0725. The predicted octanol–water partition coefficient (Wildman–Crippen LogP) is 3.10. The summed E-state index contributed by atoms with van der Waals surface area (Å²) in [4.78, 5) is 21.1. The number of hydrogen-bond donors (Lipinski definition) is 4. The van der Waals surface area contributed by atoms with Crippen LogP contribution in [-0.4, -0.2) is 15.5 Å². The van der Waals surface area contributed by atoms with Crippen LogP contribution in [0.5, 0.6) is 0 Å². The number of benzene rings is 2. The van der Waals surface area contributed by atoms with Gasteiger partial charge in [0.2, 0.25) is 0 Å². The lowest BCUT2D eigenvalue weighted by Crippen LogP contribution is -2.25. The number of fused-ring (bicyclic) bond motifs is 1. The molecule has 3 rings (SSSR count). The Morgan fingerprint density at radius 1 is 1.10 bits per heavy atom. The normalized spacial score (nSPS) is 12.4. The molecule has 1 aromatic heterocycles. The summed E-state index contributed by atoms with van der Waals surface area (Å²) in [5, 5.41) is 0.791. The van der Waals surface area contributed by atoms with Crippen LogP contribution < -0.4 is 28.5 Å². The maximum Gasteiger partial charge on any atom is 0.267 e. The predicted molar refractivity (Wildman–Crippen MR) is 128 cm³/mol. The summed E-state index contributed by atoms with van der Waals surface area (Å²) in [5.41, 5.74) is 21.3. The largest absolute Gasteiger partial charge is 0.386 e. The second kappa shape index (κ2) is 10.7. The van der Waals surface area contributed by atoms with E-state index < -0.39 is 0 Å². The maximum absolute atomic E-state index is 13.0. The Kier molecular flexibility index (Phi) is 8.30. The van der Waals surface area contributed by atoms with Crippen molar-refractivity contribution in [2.45, 2.75) is 26.2 Å². The van der Waals surface area contributed by atoms with Crippen LogP contribution in [0.25, 0.3) is 16.6 Å². The van der Waals surface area contributed by atoms with E-state index in [0.29, 0.717) is 15.9 Å². The third-order valence-electron chi connectivity index (χ3n) is 4.43. The first-order valence-electron chi connectivity index (χ1n) is 9.44. The average molecular weight is 462 g/mol. The molecule has 8 N–H and O–H groups in total. The molecule has 1 atom stereocenters. The summed E-state index contributed by atoms with van der Waals surface area (Å²) in [6.45, 7) is 4.17. The quantitative estimate of drug-likeness (QED) is 0.266. The smallest absolute Gasteiger partial charge is 0.267 e. The molecule has 8 nitrogen and oxygen atoms in total. The van der Waals surface area contributed by atoms with E-state index in [0.717, 1.165) is 17.9 Å². The van der Waals surface area contributed by atoms with Gasteiger partial charge in [-0.2, -0.15) is 4.99 Å². The van der Waals surface area contributed by atoms with Crippen molar-refractivity contribution >= 4 is 40.1 Å². The molecule has 0 saturated heterocycles. The summed E-state index contributed by atoms with van der Waals surface area (Å²) in [7, 11) is 0. The highest BCUT2D eigenvalue weighted by atomic mass is 35.5. The summed E-state index contributed by atoms with van der Waals surface area (Å²) >= 11 is 11.4. The number of hydrogen-bond acceptors (Lipinski definition) is 5. The lowest BCUT2D eigenvalue weighted by atomic mass is 10.1. The summed E-state index contributed by atoms with van der Waals surface area (Å²) in [6.07, 6.45) is 0.908. The molecule has 3 aromatic rings. The molecule has 1 heterocycles. The zero-order valence-electron chi connectivity index (χ0n) is 17.2. The summed E-state index contributed by atoms with van der Waals surface area (Å²) < 4.78 is 1.68. The molecule has 0 aliphatic carbocycles. The van der Waals surface area contributed by atoms with E-state index in [1.54, 1.807) is 10.6 Å². The highest BCUT2D eigenvalue weighted by Gasteiger charge is 2.18. The molecule has 0 radical (unpaired) electrons. The molecule has 10 heteroatoms. The number of halogens is 2. The lowest BCUT2D eigenvalue weighted by Gasteiger charge is -2.17. The van der Waals surface area contributed by atoms with Crippen LogP contribution in [0.2, 0.25) is 5.02 Å². The van der Waals surface area contributed by atoms with Crippen molar-refractivity contribution in [3.05, 3.63) is 80.7 Å². The van der Waals surface area contributed by atoms with E-state index in [9.17, 15) is 4.79 Å².